The summed E-state index contributed by atoms with van der Waals surface area (Å²) in [7, 11) is 1.77. The van der Waals surface area contributed by atoms with Gasteiger partial charge in [0.15, 0.2) is 0 Å². The van der Waals surface area contributed by atoms with E-state index >= 15 is 0 Å². The van der Waals surface area contributed by atoms with Gasteiger partial charge in [0, 0.05) is 40.7 Å². The second kappa shape index (κ2) is 10.9. The molecular weight excluding hydrogens is 483 g/mol. The summed E-state index contributed by atoms with van der Waals surface area (Å²) in [5.41, 5.74) is 3.88. The molecule has 0 saturated heterocycles. The molecule has 4 rings (SSSR count). The Bertz CT molecular complexity index is 1310. The third kappa shape index (κ3) is 5.63. The standard InChI is InChI=1S/C26H25FN4O2S2/c1-4-31(3)25(33)18-10-8-17(9-11-18)21-12-13-22(35-21)23(19-6-5-7-20(27)14-19)16(2)24(32)29-26-30-28-15-34-26/h5-16,23H,4H2,1-3H3,(H,29,30,32)/t16-,23-/m0/s1. The molecular formula is C26H25FN4O2S2. The third-order valence-electron chi connectivity index (χ3n) is 5.88. The van der Waals surface area contributed by atoms with Gasteiger partial charge in [0.2, 0.25) is 11.0 Å². The van der Waals surface area contributed by atoms with Crippen molar-refractivity contribution >= 4 is 39.6 Å². The highest BCUT2D eigenvalue weighted by Gasteiger charge is 2.29. The maximum Gasteiger partial charge on any atom is 0.253 e. The summed E-state index contributed by atoms with van der Waals surface area (Å²) in [4.78, 5) is 29.1. The number of rotatable bonds is 8. The van der Waals surface area contributed by atoms with Crippen LogP contribution in [0, 0.1) is 11.7 Å². The van der Waals surface area contributed by atoms with Gasteiger partial charge in [-0.05, 0) is 54.4 Å². The summed E-state index contributed by atoms with van der Waals surface area (Å²) in [5, 5.41) is 10.9. The summed E-state index contributed by atoms with van der Waals surface area (Å²) in [6.45, 7) is 4.40. The first-order valence-corrected chi connectivity index (χ1v) is 12.8. The van der Waals surface area contributed by atoms with E-state index in [0.717, 1.165) is 20.9 Å². The minimum atomic E-state index is -0.489. The monoisotopic (exact) mass is 508 g/mol. The van der Waals surface area contributed by atoms with Gasteiger partial charge in [0.05, 0.1) is 0 Å². The number of amides is 2. The Labute approximate surface area is 211 Å². The van der Waals surface area contributed by atoms with Gasteiger partial charge in [-0.25, -0.2) is 4.39 Å². The molecule has 9 heteroatoms. The third-order valence-corrected chi connectivity index (χ3v) is 7.71. The molecule has 2 atom stereocenters. The number of hydrogen-bond acceptors (Lipinski definition) is 6. The van der Waals surface area contributed by atoms with Crippen LogP contribution in [0.4, 0.5) is 9.52 Å². The summed E-state index contributed by atoms with van der Waals surface area (Å²) in [6.07, 6.45) is 0. The van der Waals surface area contributed by atoms with Gasteiger partial charge in [0.1, 0.15) is 11.3 Å². The van der Waals surface area contributed by atoms with Crippen molar-refractivity contribution in [3.8, 4) is 10.4 Å². The summed E-state index contributed by atoms with van der Waals surface area (Å²) in [5.74, 6) is -1.42. The van der Waals surface area contributed by atoms with Gasteiger partial charge in [-0.1, -0.05) is 42.5 Å². The van der Waals surface area contributed by atoms with Gasteiger partial charge < -0.3 is 10.2 Å². The molecule has 0 saturated carbocycles. The zero-order valence-electron chi connectivity index (χ0n) is 19.6. The molecule has 0 unspecified atom stereocenters. The minimum absolute atomic E-state index is 0.0210. The number of nitrogens with one attached hydrogen (secondary N) is 1. The van der Waals surface area contributed by atoms with E-state index in [2.05, 4.69) is 15.5 Å². The Hall–Kier alpha value is -3.43. The Morgan fingerprint density at radius 1 is 1.11 bits per heavy atom. The van der Waals surface area contributed by atoms with Gasteiger partial charge >= 0.3 is 0 Å². The lowest BCUT2D eigenvalue weighted by Crippen LogP contribution is -2.26. The van der Waals surface area contributed by atoms with Crippen molar-refractivity contribution in [2.45, 2.75) is 19.8 Å². The molecule has 0 aliphatic carbocycles. The van der Waals surface area contributed by atoms with E-state index in [0.29, 0.717) is 17.2 Å². The Kier molecular flexibility index (Phi) is 7.67. The molecule has 2 aromatic heterocycles. The average molecular weight is 509 g/mol. The first-order valence-electron chi connectivity index (χ1n) is 11.2. The molecule has 0 spiro atoms. The molecule has 0 bridgehead atoms. The summed E-state index contributed by atoms with van der Waals surface area (Å²) >= 11 is 2.79. The van der Waals surface area contributed by atoms with Crippen molar-refractivity contribution in [1.82, 2.24) is 15.1 Å². The van der Waals surface area contributed by atoms with Gasteiger partial charge in [-0.3, -0.25) is 9.59 Å². The molecule has 2 heterocycles. The number of anilines is 1. The number of thiophene rings is 1. The maximum absolute atomic E-state index is 14.1. The molecule has 0 fully saturated rings. The lowest BCUT2D eigenvalue weighted by Gasteiger charge is -2.22. The predicted octanol–water partition coefficient (Wildman–Crippen LogP) is 5.90. The van der Waals surface area contributed by atoms with Crippen molar-refractivity contribution < 1.29 is 14.0 Å². The minimum Gasteiger partial charge on any atom is -0.342 e. The second-order valence-electron chi connectivity index (χ2n) is 8.15. The van der Waals surface area contributed by atoms with Crippen LogP contribution in [0.5, 0.6) is 0 Å². The highest BCUT2D eigenvalue weighted by Crippen LogP contribution is 2.40. The van der Waals surface area contributed by atoms with Crippen LogP contribution in [-0.2, 0) is 4.79 Å². The largest absolute Gasteiger partial charge is 0.342 e. The zero-order valence-corrected chi connectivity index (χ0v) is 21.2. The number of halogens is 1. The van der Waals surface area contributed by atoms with Gasteiger partial charge in [-0.2, -0.15) is 0 Å². The van der Waals surface area contributed by atoms with Crippen molar-refractivity contribution in [3.63, 3.8) is 0 Å². The van der Waals surface area contributed by atoms with Crippen molar-refractivity contribution in [2.24, 2.45) is 5.92 Å². The number of hydrogen-bond donors (Lipinski definition) is 1. The number of benzene rings is 2. The number of carbonyl (C=O) groups is 2. The van der Waals surface area contributed by atoms with Crippen LogP contribution in [0.25, 0.3) is 10.4 Å². The SMILES string of the molecule is CCN(C)C(=O)c1ccc(-c2ccc([C@H](c3cccc(F)c3)[C@H](C)C(=O)Nc3nncs3)s2)cc1. The van der Waals surface area contributed by atoms with Crippen LogP contribution in [0.3, 0.4) is 0 Å². The van der Waals surface area contributed by atoms with Crippen molar-refractivity contribution in [1.29, 1.82) is 0 Å². The van der Waals surface area contributed by atoms with Crippen LogP contribution in [0.2, 0.25) is 0 Å². The first-order chi connectivity index (χ1) is 16.9. The van der Waals surface area contributed by atoms with E-state index in [1.807, 2.05) is 56.3 Å². The Morgan fingerprint density at radius 3 is 2.54 bits per heavy atom. The molecule has 1 N–H and O–H groups in total. The van der Waals surface area contributed by atoms with Gasteiger partial charge in [0.25, 0.3) is 5.91 Å². The van der Waals surface area contributed by atoms with E-state index < -0.39 is 5.92 Å². The summed E-state index contributed by atoms with van der Waals surface area (Å²) in [6, 6.07) is 17.8. The highest BCUT2D eigenvalue weighted by atomic mass is 32.1. The first kappa shape index (κ1) is 24.7. The normalized spacial score (nSPS) is 12.7. The number of carbonyl (C=O) groups excluding carboxylic acids is 2. The lowest BCUT2D eigenvalue weighted by molar-refractivity contribution is -0.119. The van der Waals surface area contributed by atoms with Crippen LogP contribution in [-0.4, -0.2) is 40.5 Å². The van der Waals surface area contributed by atoms with E-state index in [-0.39, 0.29) is 23.5 Å². The number of aromatic nitrogens is 2. The number of nitrogens with zero attached hydrogens (tertiary/aromatic N) is 3. The molecule has 0 radical (unpaired) electrons. The van der Waals surface area contributed by atoms with E-state index in [1.54, 1.807) is 34.9 Å². The summed E-state index contributed by atoms with van der Waals surface area (Å²) < 4.78 is 14.1. The van der Waals surface area contributed by atoms with Crippen molar-refractivity contribution in [3.05, 3.63) is 88.0 Å². The fraction of sp³-hybridized carbons (Fsp3) is 0.231. The molecule has 0 aliphatic rings. The predicted molar refractivity (Wildman–Crippen MR) is 138 cm³/mol. The smallest absolute Gasteiger partial charge is 0.253 e. The highest BCUT2D eigenvalue weighted by molar-refractivity contribution is 7.15. The van der Waals surface area contributed by atoms with E-state index in [1.165, 1.54) is 23.5 Å². The molecule has 6 nitrogen and oxygen atoms in total. The quantitative estimate of drug-likeness (QED) is 0.321. The molecule has 2 aromatic carbocycles. The maximum atomic E-state index is 14.1. The molecule has 2 amide bonds. The van der Waals surface area contributed by atoms with Crippen LogP contribution >= 0.6 is 22.7 Å². The second-order valence-corrected chi connectivity index (χ2v) is 10.1. The molecule has 0 aliphatic heterocycles. The fourth-order valence-corrected chi connectivity index (χ4v) is 5.51. The molecule has 180 valence electrons. The zero-order chi connectivity index (χ0) is 24.9. The van der Waals surface area contributed by atoms with Crippen LogP contribution in [0.15, 0.2) is 66.2 Å². The van der Waals surface area contributed by atoms with E-state index in [9.17, 15) is 14.0 Å². The molecule has 35 heavy (non-hydrogen) atoms. The topological polar surface area (TPSA) is 75.2 Å². The fourth-order valence-electron chi connectivity index (χ4n) is 3.81. The van der Waals surface area contributed by atoms with E-state index in [4.69, 9.17) is 0 Å². The Morgan fingerprint density at radius 2 is 1.89 bits per heavy atom. The molecule has 4 aromatic rings. The Balaban J connectivity index is 1.63. The van der Waals surface area contributed by atoms with Crippen LogP contribution in [0.1, 0.15) is 40.6 Å². The average Bonchev–Trinajstić information content (AvgIpc) is 3.56. The van der Waals surface area contributed by atoms with Crippen molar-refractivity contribution in [2.75, 3.05) is 18.9 Å². The lowest BCUT2D eigenvalue weighted by atomic mass is 9.85. The van der Waals surface area contributed by atoms with Crippen LogP contribution < -0.4 is 5.32 Å². The van der Waals surface area contributed by atoms with Gasteiger partial charge in [-0.15, -0.1) is 21.5 Å².